The molecule has 1 aromatic carbocycles. The number of nitrogens with zero attached hydrogens (tertiary/aromatic N) is 2. The standard InChI is InChI=1S/C14H14N4O2S/c1-9-3-4-11(7-15)6-13(9)21(19,20)18-14-5-10(2)12(16)8-17-14/h3-6,8H,16H2,1-2H3,(H,17,18). The molecule has 21 heavy (non-hydrogen) atoms. The third-order valence-corrected chi connectivity index (χ3v) is 4.49. The van der Waals surface area contributed by atoms with Gasteiger partial charge in [0.25, 0.3) is 10.0 Å². The average Bonchev–Trinajstić information content (AvgIpc) is 2.43. The van der Waals surface area contributed by atoms with Gasteiger partial charge in [0.2, 0.25) is 0 Å². The van der Waals surface area contributed by atoms with Gasteiger partial charge >= 0.3 is 0 Å². The number of sulfonamides is 1. The Balaban J connectivity index is 2.43. The van der Waals surface area contributed by atoms with Crippen LogP contribution in [0.5, 0.6) is 0 Å². The second-order valence-electron chi connectivity index (χ2n) is 4.62. The van der Waals surface area contributed by atoms with Crippen molar-refractivity contribution in [3.05, 3.63) is 47.2 Å². The molecule has 0 aliphatic heterocycles. The van der Waals surface area contributed by atoms with Crippen LogP contribution in [-0.2, 0) is 10.0 Å². The van der Waals surface area contributed by atoms with Gasteiger partial charge < -0.3 is 5.73 Å². The molecular weight excluding hydrogens is 288 g/mol. The van der Waals surface area contributed by atoms with E-state index in [4.69, 9.17) is 11.0 Å². The first-order valence-electron chi connectivity index (χ1n) is 6.09. The molecule has 2 aromatic rings. The van der Waals surface area contributed by atoms with Crippen molar-refractivity contribution in [2.45, 2.75) is 18.7 Å². The van der Waals surface area contributed by atoms with Gasteiger partial charge in [-0.05, 0) is 43.2 Å². The van der Waals surface area contributed by atoms with Crippen LogP contribution in [0, 0.1) is 25.2 Å². The summed E-state index contributed by atoms with van der Waals surface area (Å²) in [6, 6.07) is 7.97. The molecule has 108 valence electrons. The molecule has 1 heterocycles. The van der Waals surface area contributed by atoms with Crippen LogP contribution in [0.3, 0.4) is 0 Å². The van der Waals surface area contributed by atoms with Gasteiger partial charge in [0.1, 0.15) is 5.82 Å². The van der Waals surface area contributed by atoms with E-state index in [-0.39, 0.29) is 16.3 Å². The molecular formula is C14H14N4O2S. The number of nitriles is 1. The summed E-state index contributed by atoms with van der Waals surface area (Å²) in [6.45, 7) is 3.42. The van der Waals surface area contributed by atoms with E-state index in [1.807, 2.05) is 6.07 Å². The number of aryl methyl sites for hydroxylation is 2. The number of anilines is 2. The number of pyridine rings is 1. The van der Waals surface area contributed by atoms with E-state index in [0.717, 1.165) is 5.56 Å². The molecule has 0 saturated heterocycles. The van der Waals surface area contributed by atoms with Crippen LogP contribution in [0.15, 0.2) is 35.4 Å². The number of nitrogens with two attached hydrogens (primary N) is 1. The van der Waals surface area contributed by atoms with Crippen molar-refractivity contribution in [3.63, 3.8) is 0 Å². The van der Waals surface area contributed by atoms with Crippen molar-refractivity contribution >= 4 is 21.5 Å². The van der Waals surface area contributed by atoms with Gasteiger partial charge in [-0.3, -0.25) is 4.72 Å². The van der Waals surface area contributed by atoms with E-state index in [9.17, 15) is 8.42 Å². The number of benzene rings is 1. The normalized spacial score (nSPS) is 10.9. The predicted molar refractivity (Wildman–Crippen MR) is 80.1 cm³/mol. The maximum atomic E-state index is 12.4. The van der Waals surface area contributed by atoms with Crippen molar-refractivity contribution in [3.8, 4) is 6.07 Å². The first-order valence-corrected chi connectivity index (χ1v) is 7.57. The third kappa shape index (κ3) is 3.12. The summed E-state index contributed by atoms with van der Waals surface area (Å²) in [6.07, 6.45) is 1.39. The zero-order valence-electron chi connectivity index (χ0n) is 11.6. The zero-order valence-corrected chi connectivity index (χ0v) is 12.4. The number of nitrogens with one attached hydrogen (secondary N) is 1. The van der Waals surface area contributed by atoms with Crippen LogP contribution in [-0.4, -0.2) is 13.4 Å². The van der Waals surface area contributed by atoms with E-state index < -0.39 is 10.0 Å². The SMILES string of the molecule is Cc1cc(NS(=O)(=O)c2cc(C#N)ccc2C)ncc1N. The first-order chi connectivity index (χ1) is 9.83. The molecule has 3 N–H and O–H groups in total. The molecule has 0 fully saturated rings. The smallest absolute Gasteiger partial charge is 0.263 e. The van der Waals surface area contributed by atoms with Crippen molar-refractivity contribution in [1.82, 2.24) is 4.98 Å². The highest BCUT2D eigenvalue weighted by molar-refractivity contribution is 7.92. The zero-order chi connectivity index (χ0) is 15.6. The van der Waals surface area contributed by atoms with Crippen LogP contribution in [0.2, 0.25) is 0 Å². The summed E-state index contributed by atoms with van der Waals surface area (Å²) in [4.78, 5) is 4.00. The van der Waals surface area contributed by atoms with Gasteiger partial charge in [-0.2, -0.15) is 5.26 Å². The second kappa shape index (κ2) is 5.42. The molecule has 0 saturated carbocycles. The molecule has 2 rings (SSSR count). The summed E-state index contributed by atoms with van der Waals surface area (Å²) in [5, 5.41) is 8.88. The van der Waals surface area contributed by atoms with Gasteiger partial charge in [-0.25, -0.2) is 13.4 Å². The van der Waals surface area contributed by atoms with E-state index in [1.54, 1.807) is 32.0 Å². The Morgan fingerprint density at radius 2 is 1.95 bits per heavy atom. The van der Waals surface area contributed by atoms with Crippen molar-refractivity contribution in [2.24, 2.45) is 0 Å². The Bertz CT molecular complexity index is 839. The molecule has 0 spiro atoms. The Morgan fingerprint density at radius 3 is 2.57 bits per heavy atom. The predicted octanol–water partition coefficient (Wildman–Crippen LogP) is 1.95. The Hall–Kier alpha value is -2.59. The minimum absolute atomic E-state index is 0.0535. The Labute approximate surface area is 123 Å². The van der Waals surface area contributed by atoms with Crippen molar-refractivity contribution in [2.75, 3.05) is 10.5 Å². The lowest BCUT2D eigenvalue weighted by Crippen LogP contribution is -2.15. The average molecular weight is 302 g/mol. The summed E-state index contributed by atoms with van der Waals surface area (Å²) in [5.74, 6) is 0.184. The topological polar surface area (TPSA) is 109 Å². The van der Waals surface area contributed by atoms with Crippen LogP contribution < -0.4 is 10.5 Å². The molecule has 0 unspecified atom stereocenters. The van der Waals surface area contributed by atoms with E-state index in [2.05, 4.69) is 9.71 Å². The van der Waals surface area contributed by atoms with Crippen LogP contribution in [0.25, 0.3) is 0 Å². The highest BCUT2D eigenvalue weighted by Crippen LogP contribution is 2.21. The molecule has 0 atom stereocenters. The number of nitrogen functional groups attached to an aromatic ring is 1. The summed E-state index contributed by atoms with van der Waals surface area (Å²) < 4.78 is 27.2. The number of aromatic nitrogens is 1. The van der Waals surface area contributed by atoms with Gasteiger partial charge in [0.05, 0.1) is 28.4 Å². The lowest BCUT2D eigenvalue weighted by molar-refractivity contribution is 0.600. The van der Waals surface area contributed by atoms with Gasteiger partial charge in [-0.1, -0.05) is 6.07 Å². The molecule has 0 amide bonds. The monoisotopic (exact) mass is 302 g/mol. The number of hydrogen-bond acceptors (Lipinski definition) is 5. The molecule has 0 aliphatic carbocycles. The molecule has 1 aromatic heterocycles. The van der Waals surface area contributed by atoms with Gasteiger partial charge in [0.15, 0.2) is 0 Å². The molecule has 7 heteroatoms. The van der Waals surface area contributed by atoms with Crippen LogP contribution in [0.1, 0.15) is 16.7 Å². The Kier molecular flexibility index (Phi) is 3.82. The van der Waals surface area contributed by atoms with Gasteiger partial charge in [-0.15, -0.1) is 0 Å². The van der Waals surface area contributed by atoms with E-state index in [1.165, 1.54) is 12.3 Å². The summed E-state index contributed by atoms with van der Waals surface area (Å²) in [5.41, 5.74) is 7.69. The Morgan fingerprint density at radius 1 is 1.24 bits per heavy atom. The second-order valence-corrected chi connectivity index (χ2v) is 6.27. The number of rotatable bonds is 3. The molecule has 6 nitrogen and oxygen atoms in total. The van der Waals surface area contributed by atoms with E-state index in [0.29, 0.717) is 11.3 Å². The molecule has 0 aliphatic rings. The lowest BCUT2D eigenvalue weighted by atomic mass is 10.2. The number of hydrogen-bond donors (Lipinski definition) is 2. The quantitative estimate of drug-likeness (QED) is 0.900. The fourth-order valence-electron chi connectivity index (χ4n) is 1.77. The molecule has 0 radical (unpaired) electrons. The van der Waals surface area contributed by atoms with Gasteiger partial charge in [0, 0.05) is 0 Å². The summed E-state index contributed by atoms with van der Waals surface area (Å²) >= 11 is 0. The largest absolute Gasteiger partial charge is 0.397 e. The fourth-order valence-corrected chi connectivity index (χ4v) is 3.05. The van der Waals surface area contributed by atoms with Crippen molar-refractivity contribution < 1.29 is 8.42 Å². The summed E-state index contributed by atoms with van der Waals surface area (Å²) in [7, 11) is -3.81. The van der Waals surface area contributed by atoms with Crippen LogP contribution in [0.4, 0.5) is 11.5 Å². The van der Waals surface area contributed by atoms with Crippen LogP contribution >= 0.6 is 0 Å². The third-order valence-electron chi connectivity index (χ3n) is 3.00. The lowest BCUT2D eigenvalue weighted by Gasteiger charge is -2.11. The maximum Gasteiger partial charge on any atom is 0.263 e. The highest BCUT2D eigenvalue weighted by Gasteiger charge is 2.18. The first kappa shape index (κ1) is 14.8. The minimum Gasteiger partial charge on any atom is -0.397 e. The molecule has 0 bridgehead atoms. The minimum atomic E-state index is -3.81. The maximum absolute atomic E-state index is 12.4. The fraction of sp³-hybridized carbons (Fsp3) is 0.143. The highest BCUT2D eigenvalue weighted by atomic mass is 32.2. The van der Waals surface area contributed by atoms with Crippen molar-refractivity contribution in [1.29, 1.82) is 5.26 Å². The van der Waals surface area contributed by atoms with E-state index >= 15 is 0 Å².